The predicted octanol–water partition coefficient (Wildman–Crippen LogP) is 1.85. The fourth-order valence-corrected chi connectivity index (χ4v) is 1.73. The van der Waals surface area contributed by atoms with Crippen molar-refractivity contribution in [2.24, 2.45) is 5.73 Å². The van der Waals surface area contributed by atoms with E-state index in [-0.39, 0.29) is 11.8 Å². The van der Waals surface area contributed by atoms with Crippen LogP contribution in [-0.2, 0) is 9.47 Å². The van der Waals surface area contributed by atoms with Crippen molar-refractivity contribution in [1.82, 2.24) is 0 Å². The first kappa shape index (κ1) is 12.4. The zero-order chi connectivity index (χ0) is 12.3. The average Bonchev–Trinajstić information content (AvgIpc) is 2.40. The fourth-order valence-electron chi connectivity index (χ4n) is 1.73. The maximum atomic E-state index is 6.07. The third kappa shape index (κ3) is 2.77. The maximum absolute atomic E-state index is 6.07. The summed E-state index contributed by atoms with van der Waals surface area (Å²) in [6, 6.07) is 7.68. The first-order valence-corrected chi connectivity index (χ1v) is 5.83. The Morgan fingerprint density at radius 1 is 1.29 bits per heavy atom. The number of nitrogens with two attached hydrogens (primary N) is 1. The molecule has 0 spiro atoms. The van der Waals surface area contributed by atoms with Crippen molar-refractivity contribution >= 4 is 0 Å². The molecule has 1 fully saturated rings. The van der Waals surface area contributed by atoms with Crippen molar-refractivity contribution < 1.29 is 14.2 Å². The van der Waals surface area contributed by atoms with E-state index in [1.165, 1.54) is 0 Å². The zero-order valence-corrected chi connectivity index (χ0v) is 10.3. The number of methoxy groups -OCH3 is 1. The van der Waals surface area contributed by atoms with Crippen LogP contribution in [0.5, 0.6) is 5.75 Å². The smallest absolute Gasteiger partial charge is 0.183 e. The topological polar surface area (TPSA) is 53.7 Å². The molecule has 0 aromatic heterocycles. The van der Waals surface area contributed by atoms with Crippen LogP contribution in [0.25, 0.3) is 0 Å². The van der Waals surface area contributed by atoms with E-state index >= 15 is 0 Å². The Morgan fingerprint density at radius 3 is 2.35 bits per heavy atom. The lowest BCUT2D eigenvalue weighted by Gasteiger charge is -2.36. The van der Waals surface area contributed by atoms with Crippen LogP contribution in [-0.4, -0.2) is 25.9 Å². The molecule has 1 aliphatic heterocycles. The van der Waals surface area contributed by atoms with Gasteiger partial charge in [0, 0.05) is 5.56 Å². The zero-order valence-electron chi connectivity index (χ0n) is 10.3. The van der Waals surface area contributed by atoms with Crippen LogP contribution in [0.15, 0.2) is 24.3 Å². The summed E-state index contributed by atoms with van der Waals surface area (Å²) >= 11 is 0. The van der Waals surface area contributed by atoms with E-state index in [9.17, 15) is 0 Å². The van der Waals surface area contributed by atoms with Crippen LogP contribution < -0.4 is 10.5 Å². The van der Waals surface area contributed by atoms with Crippen molar-refractivity contribution in [2.45, 2.75) is 25.2 Å². The van der Waals surface area contributed by atoms with Crippen LogP contribution >= 0.6 is 0 Å². The van der Waals surface area contributed by atoms with Gasteiger partial charge in [-0.3, -0.25) is 0 Å². The SMILES string of the molecule is CCC1(N)COC(c2ccc(OC)cc2)OC1. The Hall–Kier alpha value is -1.10. The van der Waals surface area contributed by atoms with E-state index in [4.69, 9.17) is 19.9 Å². The summed E-state index contributed by atoms with van der Waals surface area (Å²) in [6.07, 6.45) is 0.534. The summed E-state index contributed by atoms with van der Waals surface area (Å²) in [6.45, 7) is 3.10. The molecule has 0 saturated carbocycles. The summed E-state index contributed by atoms with van der Waals surface area (Å²) in [7, 11) is 1.65. The molecule has 1 heterocycles. The molecule has 4 nitrogen and oxygen atoms in total. The number of hydrogen-bond donors (Lipinski definition) is 1. The highest BCUT2D eigenvalue weighted by Crippen LogP contribution is 2.28. The number of benzene rings is 1. The van der Waals surface area contributed by atoms with Gasteiger partial charge in [0.25, 0.3) is 0 Å². The molecular weight excluding hydrogens is 218 g/mol. The van der Waals surface area contributed by atoms with Gasteiger partial charge < -0.3 is 19.9 Å². The Bertz CT molecular complexity index is 355. The van der Waals surface area contributed by atoms with E-state index in [2.05, 4.69) is 0 Å². The van der Waals surface area contributed by atoms with Crippen LogP contribution in [0.2, 0.25) is 0 Å². The van der Waals surface area contributed by atoms with Gasteiger partial charge in [0.15, 0.2) is 6.29 Å². The molecule has 0 aliphatic carbocycles. The second kappa shape index (κ2) is 5.04. The van der Waals surface area contributed by atoms with Gasteiger partial charge in [0.1, 0.15) is 5.75 Å². The molecule has 94 valence electrons. The third-order valence-electron chi connectivity index (χ3n) is 3.14. The molecule has 4 heteroatoms. The van der Waals surface area contributed by atoms with Gasteiger partial charge in [0.05, 0.1) is 25.9 Å². The number of ether oxygens (including phenoxy) is 3. The van der Waals surface area contributed by atoms with Crippen LogP contribution in [0.4, 0.5) is 0 Å². The van der Waals surface area contributed by atoms with Gasteiger partial charge in [-0.1, -0.05) is 19.1 Å². The Labute approximate surface area is 102 Å². The summed E-state index contributed by atoms with van der Waals surface area (Å²) in [5.74, 6) is 0.825. The van der Waals surface area contributed by atoms with Crippen LogP contribution in [0.3, 0.4) is 0 Å². The second-order valence-corrected chi connectivity index (χ2v) is 4.44. The third-order valence-corrected chi connectivity index (χ3v) is 3.14. The van der Waals surface area contributed by atoms with E-state index < -0.39 is 0 Å². The van der Waals surface area contributed by atoms with Crippen molar-refractivity contribution in [3.63, 3.8) is 0 Å². The first-order valence-electron chi connectivity index (χ1n) is 5.83. The quantitative estimate of drug-likeness (QED) is 0.871. The summed E-state index contributed by atoms with van der Waals surface area (Å²) in [5, 5.41) is 0. The largest absolute Gasteiger partial charge is 0.497 e. The van der Waals surface area contributed by atoms with Gasteiger partial charge >= 0.3 is 0 Å². The van der Waals surface area contributed by atoms with E-state index in [0.717, 1.165) is 17.7 Å². The van der Waals surface area contributed by atoms with E-state index in [0.29, 0.717) is 13.2 Å². The minimum absolute atomic E-state index is 0.316. The molecule has 0 radical (unpaired) electrons. The van der Waals surface area contributed by atoms with Gasteiger partial charge in [-0.2, -0.15) is 0 Å². The van der Waals surface area contributed by atoms with E-state index in [1.54, 1.807) is 7.11 Å². The molecule has 2 rings (SSSR count). The van der Waals surface area contributed by atoms with E-state index in [1.807, 2.05) is 31.2 Å². The lowest BCUT2D eigenvalue weighted by Crippen LogP contribution is -2.52. The summed E-state index contributed by atoms with van der Waals surface area (Å²) < 4.78 is 16.4. The summed E-state index contributed by atoms with van der Waals surface area (Å²) in [4.78, 5) is 0. The average molecular weight is 237 g/mol. The Kier molecular flexibility index (Phi) is 3.66. The number of hydrogen-bond acceptors (Lipinski definition) is 4. The van der Waals surface area contributed by atoms with Crippen molar-refractivity contribution in [3.8, 4) is 5.75 Å². The molecule has 1 saturated heterocycles. The van der Waals surface area contributed by atoms with Crippen molar-refractivity contribution in [2.75, 3.05) is 20.3 Å². The van der Waals surface area contributed by atoms with Gasteiger partial charge in [0.2, 0.25) is 0 Å². The molecule has 1 aromatic carbocycles. The molecular formula is C13H19NO3. The van der Waals surface area contributed by atoms with Gasteiger partial charge in [-0.25, -0.2) is 0 Å². The second-order valence-electron chi connectivity index (χ2n) is 4.44. The lowest BCUT2D eigenvalue weighted by molar-refractivity contribution is -0.211. The Morgan fingerprint density at radius 2 is 1.88 bits per heavy atom. The molecule has 0 unspecified atom stereocenters. The maximum Gasteiger partial charge on any atom is 0.183 e. The molecule has 1 aromatic rings. The van der Waals surface area contributed by atoms with Gasteiger partial charge in [-0.15, -0.1) is 0 Å². The number of rotatable bonds is 3. The highest BCUT2D eigenvalue weighted by atomic mass is 16.7. The molecule has 1 aliphatic rings. The normalized spacial score (nSPS) is 29.0. The highest BCUT2D eigenvalue weighted by molar-refractivity contribution is 5.28. The first-order chi connectivity index (χ1) is 8.17. The van der Waals surface area contributed by atoms with Crippen molar-refractivity contribution in [3.05, 3.63) is 29.8 Å². The predicted molar refractivity (Wildman–Crippen MR) is 64.8 cm³/mol. The lowest BCUT2D eigenvalue weighted by atomic mass is 9.99. The molecule has 2 N–H and O–H groups in total. The van der Waals surface area contributed by atoms with Crippen molar-refractivity contribution in [1.29, 1.82) is 0 Å². The van der Waals surface area contributed by atoms with Crippen LogP contribution in [0.1, 0.15) is 25.2 Å². The fraction of sp³-hybridized carbons (Fsp3) is 0.538. The molecule has 0 bridgehead atoms. The molecule has 0 amide bonds. The minimum Gasteiger partial charge on any atom is -0.497 e. The molecule has 0 atom stereocenters. The van der Waals surface area contributed by atoms with Gasteiger partial charge in [-0.05, 0) is 18.6 Å². The molecule has 17 heavy (non-hydrogen) atoms. The standard InChI is InChI=1S/C13H19NO3/c1-3-13(14)8-16-12(17-9-13)10-4-6-11(15-2)7-5-10/h4-7,12H,3,8-9,14H2,1-2H3. The monoisotopic (exact) mass is 237 g/mol. The highest BCUT2D eigenvalue weighted by Gasteiger charge is 2.32. The Balaban J connectivity index is 2.00. The summed E-state index contributed by atoms with van der Waals surface area (Å²) in [5.41, 5.74) is 6.72. The minimum atomic E-state index is -0.344. The van der Waals surface area contributed by atoms with Crippen LogP contribution in [0, 0.1) is 0 Å².